The predicted octanol–water partition coefficient (Wildman–Crippen LogP) is -0.986. The number of amidine groups is 2. The first kappa shape index (κ1) is 26.0. The van der Waals surface area contributed by atoms with Gasteiger partial charge in [0.15, 0.2) is 0 Å². The Bertz CT molecular complexity index is 608. The molecule has 2 fully saturated rings. The molecule has 0 aromatic rings. The number of hydrazone groups is 1. The Hall–Kier alpha value is -1.08. The number of likely N-dealkylation sites (tertiary alicyclic amines) is 1. The van der Waals surface area contributed by atoms with Gasteiger partial charge < -0.3 is 29.6 Å². The summed E-state index contributed by atoms with van der Waals surface area (Å²) >= 11 is 0. The van der Waals surface area contributed by atoms with Gasteiger partial charge in [-0.05, 0) is 5.92 Å². The van der Waals surface area contributed by atoms with Crippen molar-refractivity contribution in [2.24, 2.45) is 16.9 Å². The van der Waals surface area contributed by atoms with Crippen LogP contribution in [0.15, 0.2) is 17.0 Å². The molecule has 4 aliphatic rings. The topological polar surface area (TPSA) is 116 Å². The maximum absolute atomic E-state index is 11.8. The summed E-state index contributed by atoms with van der Waals surface area (Å²) < 4.78 is 5.04. The minimum absolute atomic E-state index is 0. The third-order valence-corrected chi connectivity index (χ3v) is 5.08. The Kier molecular flexibility index (Phi) is 11.9. The van der Waals surface area contributed by atoms with Gasteiger partial charge in [0.05, 0.1) is 12.2 Å². The van der Waals surface area contributed by atoms with Crippen molar-refractivity contribution in [3.63, 3.8) is 0 Å². The van der Waals surface area contributed by atoms with Crippen LogP contribution in [0.25, 0.3) is 5.73 Å². The first-order valence-corrected chi connectivity index (χ1v) is 9.65. The van der Waals surface area contributed by atoms with E-state index in [9.17, 15) is 4.79 Å². The largest absolute Gasteiger partial charge is 3.00 e. The van der Waals surface area contributed by atoms with E-state index >= 15 is 0 Å². The van der Waals surface area contributed by atoms with Gasteiger partial charge in [-0.3, -0.25) is 25.4 Å². The quantitative estimate of drug-likeness (QED) is 0.237. The number of nitrogens with zero attached hydrogens (tertiary/aromatic N) is 2. The SMILES string of the molecule is CC1CN(CC2=[NH+]CCN2)CC1C1=NN/C(=C\[NH-])C(=O)N1.[CH-]1CCOCC1.[CH3-].[U+3]. The van der Waals surface area contributed by atoms with Crippen LogP contribution in [0.2, 0.25) is 0 Å². The molecule has 159 valence electrons. The first-order valence-electron chi connectivity index (χ1n) is 9.65. The summed E-state index contributed by atoms with van der Waals surface area (Å²) in [5.41, 5.74) is 9.95. The van der Waals surface area contributed by atoms with E-state index in [1.807, 2.05) is 0 Å². The van der Waals surface area contributed by atoms with E-state index in [2.05, 4.69) is 44.4 Å². The summed E-state index contributed by atoms with van der Waals surface area (Å²) in [5.74, 6) is 2.20. The minimum atomic E-state index is -0.283. The summed E-state index contributed by atoms with van der Waals surface area (Å²) in [4.78, 5) is 17.5. The van der Waals surface area contributed by atoms with Crippen LogP contribution in [-0.2, 0) is 9.53 Å². The van der Waals surface area contributed by atoms with Crippen molar-refractivity contribution in [1.29, 1.82) is 0 Å². The van der Waals surface area contributed by atoms with E-state index < -0.39 is 0 Å². The molecule has 2 atom stereocenters. The molecule has 5 N–H and O–H groups in total. The van der Waals surface area contributed by atoms with Crippen LogP contribution in [-0.4, -0.2) is 68.4 Å². The second-order valence-electron chi connectivity index (χ2n) is 7.21. The van der Waals surface area contributed by atoms with E-state index in [0.717, 1.165) is 65.0 Å². The molecule has 1 amide bonds. The molecule has 0 aliphatic carbocycles. The molecule has 4 rings (SSSR count). The minimum Gasteiger partial charge on any atom is -0.703 e. The third kappa shape index (κ3) is 7.59. The molecule has 0 aromatic heterocycles. The van der Waals surface area contributed by atoms with Gasteiger partial charge in [0.25, 0.3) is 11.7 Å². The number of carbonyl (C=O) groups is 1. The van der Waals surface area contributed by atoms with E-state index in [1.54, 1.807) is 0 Å². The zero-order valence-corrected chi connectivity index (χ0v) is 21.5. The smallest absolute Gasteiger partial charge is 0.703 e. The van der Waals surface area contributed by atoms with Gasteiger partial charge in [-0.25, -0.2) is 0 Å². The molecular weight excluding hydrogens is 596 g/mol. The zero-order valence-electron chi connectivity index (χ0n) is 17.4. The number of ether oxygens (including phenoxy) is 1. The van der Waals surface area contributed by atoms with Gasteiger partial charge in [-0.15, -0.1) is 6.20 Å². The van der Waals surface area contributed by atoms with Crippen LogP contribution in [0.1, 0.15) is 19.8 Å². The molecule has 1 radical (unpaired) electrons. The monoisotopic (exact) mass is 629 g/mol. The van der Waals surface area contributed by atoms with Crippen LogP contribution in [0.5, 0.6) is 0 Å². The Labute approximate surface area is 197 Å². The van der Waals surface area contributed by atoms with Gasteiger partial charge in [-0.1, -0.05) is 6.92 Å². The molecular formula is C19H33N7O2U+. The molecule has 0 spiro atoms. The van der Waals surface area contributed by atoms with Crippen LogP contribution < -0.4 is 21.1 Å². The second-order valence-corrected chi connectivity index (χ2v) is 7.21. The van der Waals surface area contributed by atoms with Gasteiger partial charge in [0, 0.05) is 32.2 Å². The maximum atomic E-state index is 11.8. The van der Waals surface area contributed by atoms with Crippen molar-refractivity contribution < 1.29 is 45.6 Å². The number of carbonyl (C=O) groups excluding carboxylic acids is 1. The van der Waals surface area contributed by atoms with Crippen molar-refractivity contribution in [1.82, 2.24) is 21.0 Å². The van der Waals surface area contributed by atoms with Crippen molar-refractivity contribution in [2.75, 3.05) is 45.9 Å². The van der Waals surface area contributed by atoms with Crippen molar-refractivity contribution in [2.45, 2.75) is 19.8 Å². The molecule has 9 nitrogen and oxygen atoms in total. The average molecular weight is 630 g/mol. The number of amides is 1. The number of nitrogens with one attached hydrogen (secondary N) is 5. The van der Waals surface area contributed by atoms with Gasteiger partial charge in [0.1, 0.15) is 18.9 Å². The molecule has 2 saturated heterocycles. The normalized spacial score (nSPS) is 27.8. The Morgan fingerprint density at radius 1 is 1.38 bits per heavy atom. The fourth-order valence-electron chi connectivity index (χ4n) is 3.61. The zero-order chi connectivity index (χ0) is 19.1. The summed E-state index contributed by atoms with van der Waals surface area (Å²) in [7, 11) is 0. The fraction of sp³-hybridized carbons (Fsp3) is 0.632. The summed E-state index contributed by atoms with van der Waals surface area (Å²) in [6.07, 6.45) is 5.55. The third-order valence-electron chi connectivity index (χ3n) is 5.08. The molecule has 4 heterocycles. The molecule has 0 bridgehead atoms. The van der Waals surface area contributed by atoms with Crippen LogP contribution >= 0.6 is 0 Å². The van der Waals surface area contributed by atoms with Gasteiger partial charge >= 0.3 is 31.1 Å². The van der Waals surface area contributed by atoms with Crippen molar-refractivity contribution >= 4 is 17.6 Å². The Balaban J connectivity index is 0.000000455. The number of hydrogen-bond donors (Lipinski definition) is 4. The molecule has 0 saturated carbocycles. The van der Waals surface area contributed by atoms with Crippen molar-refractivity contribution in [3.8, 4) is 0 Å². The number of rotatable bonds is 3. The van der Waals surface area contributed by atoms with E-state index in [4.69, 9.17) is 10.5 Å². The molecule has 2 unspecified atom stereocenters. The Morgan fingerprint density at radius 3 is 2.66 bits per heavy atom. The van der Waals surface area contributed by atoms with E-state index in [1.165, 1.54) is 5.84 Å². The van der Waals surface area contributed by atoms with Crippen LogP contribution in [0, 0.1) is 56.8 Å². The van der Waals surface area contributed by atoms with E-state index in [-0.39, 0.29) is 56.1 Å². The fourth-order valence-corrected chi connectivity index (χ4v) is 3.61. The summed E-state index contributed by atoms with van der Waals surface area (Å²) in [6, 6.07) is 0. The molecule has 10 heteroatoms. The summed E-state index contributed by atoms with van der Waals surface area (Å²) in [6.45, 7) is 8.76. The van der Waals surface area contributed by atoms with Crippen LogP contribution in [0.4, 0.5) is 0 Å². The second kappa shape index (κ2) is 13.3. The van der Waals surface area contributed by atoms with Gasteiger partial charge in [0.2, 0.25) is 0 Å². The molecule has 4 aliphatic heterocycles. The van der Waals surface area contributed by atoms with Crippen LogP contribution in [0.3, 0.4) is 0 Å². The summed E-state index contributed by atoms with van der Waals surface area (Å²) in [5, 5.41) is 10.3. The number of hydrogen-bond acceptors (Lipinski definition) is 6. The molecule has 0 aromatic carbocycles. The Morgan fingerprint density at radius 2 is 2.14 bits per heavy atom. The maximum Gasteiger partial charge on any atom is 3.00 e. The predicted molar refractivity (Wildman–Crippen MR) is 110 cm³/mol. The first-order chi connectivity index (χ1) is 13.2. The van der Waals surface area contributed by atoms with Gasteiger partial charge in [-0.2, -0.15) is 17.9 Å². The van der Waals surface area contributed by atoms with E-state index in [0.29, 0.717) is 11.8 Å². The average Bonchev–Trinajstić information content (AvgIpc) is 3.33. The molecule has 29 heavy (non-hydrogen) atoms. The standard InChI is InChI=1S/C13H21N7O.C5H9O.CH3.U/c1-8-5-20(7-11-15-2-3-16-11)6-9(8)12-17-13(21)10(4-14)18-19-12;1-2-4-6-5-3-1;;/h4,8-9,18H,2-3,5-7H2,1H3,(H4,14,15,16,17,19,21);1H,2-5H2;1H3;/q;2*-1;+3. The van der Waals surface area contributed by atoms with Crippen molar-refractivity contribution in [3.05, 3.63) is 31.5 Å².